The van der Waals surface area contributed by atoms with E-state index < -0.39 is 0 Å². The second kappa shape index (κ2) is 6.41. The van der Waals surface area contributed by atoms with Gasteiger partial charge in [0.15, 0.2) is 0 Å². The highest BCUT2D eigenvalue weighted by atomic mass is 79.9. The predicted octanol–water partition coefficient (Wildman–Crippen LogP) is 2.31. The SMILES string of the molecule is Cc1cc(Br)cnc1N1CCN(C[C@@H]2CCOC2)CC1. The number of hydrogen-bond acceptors (Lipinski definition) is 4. The summed E-state index contributed by atoms with van der Waals surface area (Å²) in [6, 6.07) is 2.14. The fraction of sp³-hybridized carbons (Fsp3) is 0.667. The smallest absolute Gasteiger partial charge is 0.131 e. The van der Waals surface area contributed by atoms with Gasteiger partial charge < -0.3 is 9.64 Å². The summed E-state index contributed by atoms with van der Waals surface area (Å²) in [6.07, 6.45) is 3.12. The molecular formula is C15H22BrN3O. The molecule has 1 atom stereocenters. The molecule has 0 aromatic carbocycles. The van der Waals surface area contributed by atoms with E-state index in [-0.39, 0.29) is 0 Å². The van der Waals surface area contributed by atoms with Crippen molar-refractivity contribution in [1.82, 2.24) is 9.88 Å². The lowest BCUT2D eigenvalue weighted by Crippen LogP contribution is -2.48. The minimum atomic E-state index is 0.745. The Kier molecular flexibility index (Phi) is 4.58. The number of aromatic nitrogens is 1. The molecule has 1 aromatic heterocycles. The van der Waals surface area contributed by atoms with Crippen LogP contribution in [0.15, 0.2) is 16.7 Å². The van der Waals surface area contributed by atoms with E-state index in [1.54, 1.807) is 0 Å². The van der Waals surface area contributed by atoms with Crippen molar-refractivity contribution in [2.45, 2.75) is 13.3 Å². The predicted molar refractivity (Wildman–Crippen MR) is 84.3 cm³/mol. The van der Waals surface area contributed by atoms with Crippen LogP contribution >= 0.6 is 15.9 Å². The maximum absolute atomic E-state index is 5.46. The van der Waals surface area contributed by atoms with Crippen molar-refractivity contribution in [2.24, 2.45) is 5.92 Å². The van der Waals surface area contributed by atoms with E-state index in [0.29, 0.717) is 0 Å². The minimum Gasteiger partial charge on any atom is -0.381 e. The van der Waals surface area contributed by atoms with Crippen LogP contribution in [0.25, 0.3) is 0 Å². The fourth-order valence-corrected chi connectivity index (χ4v) is 3.54. The third-order valence-corrected chi connectivity index (χ3v) is 4.66. The van der Waals surface area contributed by atoms with E-state index in [0.717, 1.165) is 55.6 Å². The van der Waals surface area contributed by atoms with Crippen LogP contribution in [-0.4, -0.2) is 55.8 Å². The van der Waals surface area contributed by atoms with E-state index in [1.165, 1.54) is 18.5 Å². The Labute approximate surface area is 129 Å². The van der Waals surface area contributed by atoms with Gasteiger partial charge in [-0.15, -0.1) is 0 Å². The number of rotatable bonds is 3. The Balaban J connectivity index is 1.55. The fourth-order valence-electron chi connectivity index (χ4n) is 3.10. The molecule has 110 valence electrons. The van der Waals surface area contributed by atoms with E-state index in [4.69, 9.17) is 4.74 Å². The highest BCUT2D eigenvalue weighted by Gasteiger charge is 2.23. The molecule has 0 unspecified atom stereocenters. The van der Waals surface area contributed by atoms with E-state index >= 15 is 0 Å². The van der Waals surface area contributed by atoms with Gasteiger partial charge in [0.05, 0.1) is 6.61 Å². The van der Waals surface area contributed by atoms with Crippen molar-refractivity contribution in [1.29, 1.82) is 0 Å². The lowest BCUT2D eigenvalue weighted by molar-refractivity contribution is 0.164. The molecule has 5 heteroatoms. The van der Waals surface area contributed by atoms with Crippen LogP contribution in [0, 0.1) is 12.8 Å². The average Bonchev–Trinajstić information content (AvgIpc) is 2.93. The van der Waals surface area contributed by atoms with Crippen LogP contribution in [0.3, 0.4) is 0 Å². The third-order valence-electron chi connectivity index (χ3n) is 4.23. The lowest BCUT2D eigenvalue weighted by Gasteiger charge is -2.36. The zero-order valence-electron chi connectivity index (χ0n) is 12.0. The van der Waals surface area contributed by atoms with Gasteiger partial charge in [0.2, 0.25) is 0 Å². The lowest BCUT2D eigenvalue weighted by atomic mass is 10.1. The number of aryl methyl sites for hydroxylation is 1. The Hall–Kier alpha value is -0.650. The molecule has 2 aliphatic heterocycles. The van der Waals surface area contributed by atoms with Crippen LogP contribution in [0.5, 0.6) is 0 Å². The number of piperazine rings is 1. The first-order valence-corrected chi connectivity index (χ1v) is 8.19. The topological polar surface area (TPSA) is 28.6 Å². The van der Waals surface area contributed by atoms with Gasteiger partial charge in [-0.25, -0.2) is 4.98 Å². The third kappa shape index (κ3) is 3.32. The van der Waals surface area contributed by atoms with E-state index in [2.05, 4.69) is 43.7 Å². The Bertz CT molecular complexity index is 454. The van der Waals surface area contributed by atoms with Gasteiger partial charge in [-0.3, -0.25) is 4.90 Å². The van der Waals surface area contributed by atoms with Crippen LogP contribution in [0.1, 0.15) is 12.0 Å². The summed E-state index contributed by atoms with van der Waals surface area (Å²) in [6.45, 7) is 9.64. The van der Waals surface area contributed by atoms with Crippen molar-refractivity contribution in [3.05, 3.63) is 22.3 Å². The van der Waals surface area contributed by atoms with Crippen LogP contribution in [-0.2, 0) is 4.74 Å². The summed E-state index contributed by atoms with van der Waals surface area (Å²) < 4.78 is 6.52. The van der Waals surface area contributed by atoms with Crippen molar-refractivity contribution in [3.8, 4) is 0 Å². The molecule has 4 nitrogen and oxygen atoms in total. The molecular weight excluding hydrogens is 318 g/mol. The monoisotopic (exact) mass is 339 g/mol. The summed E-state index contributed by atoms with van der Waals surface area (Å²) in [4.78, 5) is 9.55. The summed E-state index contributed by atoms with van der Waals surface area (Å²) >= 11 is 3.48. The molecule has 0 aliphatic carbocycles. The van der Waals surface area contributed by atoms with Gasteiger partial charge in [-0.1, -0.05) is 0 Å². The molecule has 20 heavy (non-hydrogen) atoms. The highest BCUT2D eigenvalue weighted by molar-refractivity contribution is 9.10. The summed E-state index contributed by atoms with van der Waals surface area (Å²) in [7, 11) is 0. The quantitative estimate of drug-likeness (QED) is 0.844. The van der Waals surface area contributed by atoms with Gasteiger partial charge in [0.1, 0.15) is 5.82 Å². The Morgan fingerprint density at radius 1 is 1.35 bits per heavy atom. The second-order valence-corrected chi connectivity index (χ2v) is 6.73. The highest BCUT2D eigenvalue weighted by Crippen LogP contribution is 2.22. The number of halogens is 1. The molecule has 2 fully saturated rings. The standard InChI is InChI=1S/C15H22BrN3O/c1-12-8-14(16)9-17-15(12)19-5-3-18(4-6-19)10-13-2-7-20-11-13/h8-9,13H,2-7,10-11H2,1H3/t13-/m0/s1. The molecule has 0 spiro atoms. The molecule has 2 aliphatic rings. The van der Waals surface area contributed by atoms with Gasteiger partial charge >= 0.3 is 0 Å². The molecule has 1 aromatic rings. The molecule has 0 saturated carbocycles. The van der Waals surface area contributed by atoms with Crippen LogP contribution in [0.2, 0.25) is 0 Å². The number of pyridine rings is 1. The second-order valence-electron chi connectivity index (χ2n) is 5.81. The van der Waals surface area contributed by atoms with Gasteiger partial charge in [0.25, 0.3) is 0 Å². The molecule has 2 saturated heterocycles. The van der Waals surface area contributed by atoms with Gasteiger partial charge in [-0.05, 0) is 46.8 Å². The summed E-state index contributed by atoms with van der Waals surface area (Å²) in [5.74, 6) is 1.88. The number of anilines is 1. The summed E-state index contributed by atoms with van der Waals surface area (Å²) in [5, 5.41) is 0. The largest absolute Gasteiger partial charge is 0.381 e. The molecule has 0 N–H and O–H groups in total. The first-order valence-electron chi connectivity index (χ1n) is 7.39. The van der Waals surface area contributed by atoms with E-state index in [9.17, 15) is 0 Å². The molecule has 3 heterocycles. The van der Waals surface area contributed by atoms with Crippen LogP contribution in [0.4, 0.5) is 5.82 Å². The zero-order chi connectivity index (χ0) is 13.9. The van der Waals surface area contributed by atoms with Crippen LogP contribution < -0.4 is 4.90 Å². The maximum Gasteiger partial charge on any atom is 0.131 e. The van der Waals surface area contributed by atoms with Crippen molar-refractivity contribution in [3.63, 3.8) is 0 Å². The Morgan fingerprint density at radius 2 is 2.15 bits per heavy atom. The maximum atomic E-state index is 5.46. The Morgan fingerprint density at radius 3 is 2.80 bits per heavy atom. The average molecular weight is 340 g/mol. The normalized spacial score (nSPS) is 24.3. The minimum absolute atomic E-state index is 0.745. The molecule has 0 bridgehead atoms. The van der Waals surface area contributed by atoms with E-state index in [1.807, 2.05) is 6.20 Å². The van der Waals surface area contributed by atoms with Gasteiger partial charge in [0, 0.05) is 50.0 Å². The van der Waals surface area contributed by atoms with Crippen molar-refractivity contribution >= 4 is 21.7 Å². The first kappa shape index (κ1) is 14.3. The van der Waals surface area contributed by atoms with Gasteiger partial charge in [-0.2, -0.15) is 0 Å². The van der Waals surface area contributed by atoms with Crippen molar-refractivity contribution < 1.29 is 4.74 Å². The first-order chi connectivity index (χ1) is 9.72. The van der Waals surface area contributed by atoms with Crippen molar-refractivity contribution in [2.75, 3.05) is 50.8 Å². The number of ether oxygens (including phenoxy) is 1. The molecule has 0 radical (unpaired) electrons. The zero-order valence-corrected chi connectivity index (χ0v) is 13.6. The number of hydrogen-bond donors (Lipinski definition) is 0. The molecule has 0 amide bonds. The number of nitrogens with zero attached hydrogens (tertiary/aromatic N) is 3. The summed E-state index contributed by atoms with van der Waals surface area (Å²) in [5.41, 5.74) is 1.25. The molecule has 3 rings (SSSR count).